The molecule has 1 atom stereocenters. The first-order chi connectivity index (χ1) is 17.0. The molecule has 2 aromatic heterocycles. The van der Waals surface area contributed by atoms with E-state index in [1.165, 1.54) is 22.7 Å². The molecular weight excluding hydrogens is 460 g/mol. The fourth-order valence-corrected chi connectivity index (χ4v) is 4.93. The van der Waals surface area contributed by atoms with Crippen LogP contribution in [0.2, 0.25) is 0 Å². The van der Waals surface area contributed by atoms with Gasteiger partial charge in [0, 0.05) is 24.8 Å². The van der Waals surface area contributed by atoms with Gasteiger partial charge in [-0.05, 0) is 74.3 Å². The summed E-state index contributed by atoms with van der Waals surface area (Å²) in [5, 5.41) is 8.08. The number of hydrogen-bond acceptors (Lipinski definition) is 5. The second kappa shape index (κ2) is 10.2. The van der Waals surface area contributed by atoms with E-state index >= 15 is 0 Å². The van der Waals surface area contributed by atoms with Crippen LogP contribution in [0, 0.1) is 0 Å². The second-order valence-corrected chi connectivity index (χ2v) is 10.2. The Morgan fingerprint density at radius 1 is 1.09 bits per heavy atom. The van der Waals surface area contributed by atoms with E-state index in [4.69, 9.17) is 5.10 Å². The van der Waals surface area contributed by atoms with Gasteiger partial charge in [-0.2, -0.15) is 4.31 Å². The SMILES string of the molecule is CN1CCC(c2ccc(Nc3ncc4ccc(-c5ccccc5CN(C)S(=O)O)n4n3)cc2)CC1. The average Bonchev–Trinajstić information content (AvgIpc) is 3.28. The smallest absolute Gasteiger partial charge is 0.245 e. The summed E-state index contributed by atoms with van der Waals surface area (Å²) in [5.74, 6) is 1.13. The van der Waals surface area contributed by atoms with Gasteiger partial charge in [0.05, 0.1) is 17.4 Å². The minimum atomic E-state index is -2.04. The molecule has 0 saturated carbocycles. The molecule has 1 unspecified atom stereocenters. The standard InChI is InChI=1S/C26H30N6O2S/c1-30-15-13-20(14-16-30)19-7-9-22(10-8-19)28-26-27-17-23-11-12-25(32(23)29-26)24-6-4-3-5-21(24)18-31(2)35(33)34/h3-12,17,20H,13-16,18H2,1-2H3,(H,28,29)(H,33,34). The van der Waals surface area contributed by atoms with Crippen LogP contribution in [-0.4, -0.2) is 59.7 Å². The Bertz CT molecular complexity index is 1330. The van der Waals surface area contributed by atoms with E-state index in [0.29, 0.717) is 18.4 Å². The predicted molar refractivity (Wildman–Crippen MR) is 140 cm³/mol. The fraction of sp³-hybridized carbons (Fsp3) is 0.308. The molecule has 0 aliphatic carbocycles. The Labute approximate surface area is 208 Å². The Morgan fingerprint density at radius 3 is 2.57 bits per heavy atom. The first kappa shape index (κ1) is 23.6. The lowest BCUT2D eigenvalue weighted by Gasteiger charge is -2.29. The van der Waals surface area contributed by atoms with E-state index in [0.717, 1.165) is 41.1 Å². The molecule has 0 amide bonds. The van der Waals surface area contributed by atoms with E-state index in [-0.39, 0.29) is 0 Å². The van der Waals surface area contributed by atoms with Crippen LogP contribution in [-0.2, 0) is 17.8 Å². The summed E-state index contributed by atoms with van der Waals surface area (Å²) in [4.78, 5) is 6.88. The largest absolute Gasteiger partial charge is 0.323 e. The molecule has 1 fully saturated rings. The number of aromatic nitrogens is 3. The maximum Gasteiger partial charge on any atom is 0.245 e. The van der Waals surface area contributed by atoms with Crippen LogP contribution in [0.4, 0.5) is 11.6 Å². The number of nitrogens with zero attached hydrogens (tertiary/aromatic N) is 5. The lowest BCUT2D eigenvalue weighted by Crippen LogP contribution is -2.29. The third kappa shape index (κ3) is 5.28. The molecule has 2 N–H and O–H groups in total. The molecule has 0 radical (unpaired) electrons. The highest BCUT2D eigenvalue weighted by Gasteiger charge is 2.18. The highest BCUT2D eigenvalue weighted by atomic mass is 32.2. The molecule has 8 nitrogen and oxygen atoms in total. The van der Waals surface area contributed by atoms with E-state index in [9.17, 15) is 8.76 Å². The quantitative estimate of drug-likeness (QED) is 0.371. The Balaban J connectivity index is 1.38. The Morgan fingerprint density at radius 2 is 1.83 bits per heavy atom. The summed E-state index contributed by atoms with van der Waals surface area (Å²) in [7, 11) is 3.80. The maximum absolute atomic E-state index is 11.5. The number of fused-ring (bicyclic) bond motifs is 1. The maximum atomic E-state index is 11.5. The van der Waals surface area contributed by atoms with Gasteiger partial charge in [0.2, 0.25) is 17.2 Å². The molecule has 9 heteroatoms. The number of piperidine rings is 1. The number of hydrogen-bond donors (Lipinski definition) is 2. The van der Waals surface area contributed by atoms with Gasteiger partial charge < -0.3 is 10.2 Å². The van der Waals surface area contributed by atoms with Gasteiger partial charge >= 0.3 is 0 Å². The minimum Gasteiger partial charge on any atom is -0.323 e. The van der Waals surface area contributed by atoms with Crippen molar-refractivity contribution in [3.8, 4) is 11.3 Å². The van der Waals surface area contributed by atoms with Crippen molar-refractivity contribution in [1.82, 2.24) is 23.8 Å². The zero-order chi connectivity index (χ0) is 24.4. The van der Waals surface area contributed by atoms with Gasteiger partial charge in [-0.15, -0.1) is 5.10 Å². The summed E-state index contributed by atoms with van der Waals surface area (Å²) in [6.45, 7) is 2.64. The average molecular weight is 491 g/mol. The zero-order valence-corrected chi connectivity index (χ0v) is 20.8. The molecule has 1 saturated heterocycles. The highest BCUT2D eigenvalue weighted by Crippen LogP contribution is 2.29. The summed E-state index contributed by atoms with van der Waals surface area (Å²) in [6, 6.07) is 20.4. The molecule has 2 aromatic carbocycles. The summed E-state index contributed by atoms with van der Waals surface area (Å²) in [6.07, 6.45) is 4.19. The molecule has 182 valence electrons. The summed E-state index contributed by atoms with van der Waals surface area (Å²) < 4.78 is 24.1. The fourth-order valence-electron chi connectivity index (χ4n) is 4.68. The minimum absolute atomic E-state index is 0.340. The van der Waals surface area contributed by atoms with Crippen LogP contribution in [0.1, 0.15) is 29.9 Å². The number of likely N-dealkylation sites (tertiary alicyclic amines) is 1. The van der Waals surface area contributed by atoms with Gasteiger partial charge in [-0.25, -0.2) is 13.7 Å². The third-order valence-electron chi connectivity index (χ3n) is 6.71. The van der Waals surface area contributed by atoms with Crippen molar-refractivity contribution in [2.75, 3.05) is 32.5 Å². The summed E-state index contributed by atoms with van der Waals surface area (Å²) >= 11 is -2.04. The predicted octanol–water partition coefficient (Wildman–Crippen LogP) is 4.52. The molecule has 3 heterocycles. The first-order valence-corrected chi connectivity index (χ1v) is 12.8. The van der Waals surface area contributed by atoms with Gasteiger partial charge in [-0.3, -0.25) is 4.55 Å². The van der Waals surface area contributed by atoms with Crippen LogP contribution in [0.3, 0.4) is 0 Å². The van der Waals surface area contributed by atoms with Crippen LogP contribution >= 0.6 is 0 Å². The molecule has 35 heavy (non-hydrogen) atoms. The van der Waals surface area contributed by atoms with Gasteiger partial charge in [0.25, 0.3) is 0 Å². The van der Waals surface area contributed by atoms with Gasteiger partial charge in [-0.1, -0.05) is 36.4 Å². The van der Waals surface area contributed by atoms with Crippen molar-refractivity contribution >= 4 is 28.4 Å². The molecule has 4 aromatic rings. The topological polar surface area (TPSA) is 86.0 Å². The van der Waals surface area contributed by atoms with E-state index in [1.54, 1.807) is 13.2 Å². The number of nitrogens with one attached hydrogen (secondary N) is 1. The zero-order valence-electron chi connectivity index (χ0n) is 20.0. The molecule has 0 spiro atoms. The van der Waals surface area contributed by atoms with Crippen LogP contribution in [0.25, 0.3) is 16.8 Å². The molecule has 5 rings (SSSR count). The molecular formula is C26H30N6O2S. The lowest BCUT2D eigenvalue weighted by molar-refractivity contribution is 0.255. The van der Waals surface area contributed by atoms with Crippen molar-refractivity contribution in [1.29, 1.82) is 0 Å². The molecule has 0 bridgehead atoms. The normalized spacial score (nSPS) is 16.1. The number of anilines is 2. The third-order valence-corrected chi connectivity index (χ3v) is 7.37. The van der Waals surface area contributed by atoms with Crippen molar-refractivity contribution in [3.63, 3.8) is 0 Å². The van der Waals surface area contributed by atoms with Crippen LogP contribution in [0.15, 0.2) is 66.9 Å². The monoisotopic (exact) mass is 490 g/mol. The molecule has 1 aliphatic heterocycles. The Hall–Kier alpha value is -3.11. The Kier molecular flexibility index (Phi) is 6.92. The van der Waals surface area contributed by atoms with Crippen molar-refractivity contribution < 1.29 is 8.76 Å². The van der Waals surface area contributed by atoms with Crippen molar-refractivity contribution in [2.45, 2.75) is 25.3 Å². The van der Waals surface area contributed by atoms with Crippen LogP contribution < -0.4 is 5.32 Å². The van der Waals surface area contributed by atoms with Crippen molar-refractivity contribution in [2.24, 2.45) is 0 Å². The van der Waals surface area contributed by atoms with E-state index in [2.05, 4.69) is 46.5 Å². The summed E-state index contributed by atoms with van der Waals surface area (Å²) in [5.41, 5.74) is 6.00. The van der Waals surface area contributed by atoms with E-state index in [1.807, 2.05) is 40.9 Å². The van der Waals surface area contributed by atoms with Crippen LogP contribution in [0.5, 0.6) is 0 Å². The van der Waals surface area contributed by atoms with Gasteiger partial charge in [0.1, 0.15) is 0 Å². The first-order valence-electron chi connectivity index (χ1n) is 11.8. The molecule has 1 aliphatic rings. The number of benzene rings is 2. The van der Waals surface area contributed by atoms with Gasteiger partial charge in [0.15, 0.2) is 0 Å². The second-order valence-electron chi connectivity index (χ2n) is 9.14. The highest BCUT2D eigenvalue weighted by molar-refractivity contribution is 7.76. The lowest BCUT2D eigenvalue weighted by atomic mass is 9.89. The number of rotatable bonds is 7. The van der Waals surface area contributed by atoms with Crippen molar-refractivity contribution in [3.05, 3.63) is 78.0 Å². The van der Waals surface area contributed by atoms with E-state index < -0.39 is 11.3 Å².